The first-order chi connectivity index (χ1) is 13.7. The average molecular weight is 396 g/mol. The minimum Gasteiger partial charge on any atom is -0.495 e. The molecule has 1 aliphatic heterocycles. The Bertz CT molecular complexity index is 1020. The van der Waals surface area contributed by atoms with Crippen LogP contribution in [0, 0.1) is 0 Å². The number of anilines is 2. The molecule has 0 spiro atoms. The van der Waals surface area contributed by atoms with Crippen LogP contribution < -0.4 is 10.1 Å². The Morgan fingerprint density at radius 2 is 1.89 bits per heavy atom. The highest BCUT2D eigenvalue weighted by Crippen LogP contribution is 2.31. The molecule has 1 aromatic heterocycles. The van der Waals surface area contributed by atoms with Gasteiger partial charge in [0.2, 0.25) is 0 Å². The molecule has 0 saturated carbocycles. The second kappa shape index (κ2) is 8.07. The predicted molar refractivity (Wildman–Crippen MR) is 113 cm³/mol. The molecule has 5 nitrogen and oxygen atoms in total. The van der Waals surface area contributed by atoms with Crippen molar-refractivity contribution < 1.29 is 9.53 Å². The van der Waals surface area contributed by atoms with Crippen molar-refractivity contribution in [3.05, 3.63) is 59.2 Å². The van der Waals surface area contributed by atoms with E-state index in [9.17, 15) is 4.79 Å². The van der Waals surface area contributed by atoms with Crippen LogP contribution in [0.15, 0.2) is 48.5 Å². The molecule has 3 aromatic rings. The maximum atomic E-state index is 13.0. The first-order valence-electron chi connectivity index (χ1n) is 9.45. The van der Waals surface area contributed by atoms with E-state index in [2.05, 4.69) is 10.3 Å². The van der Waals surface area contributed by atoms with Crippen LogP contribution in [0.3, 0.4) is 0 Å². The Labute approximate surface area is 169 Å². The van der Waals surface area contributed by atoms with Gasteiger partial charge in [-0.2, -0.15) is 0 Å². The number of hydrogen-bond donors (Lipinski definition) is 1. The number of nitrogens with zero attached hydrogens (tertiary/aromatic N) is 2. The summed E-state index contributed by atoms with van der Waals surface area (Å²) >= 11 is 6.26. The van der Waals surface area contributed by atoms with E-state index in [1.165, 1.54) is 6.42 Å². The summed E-state index contributed by atoms with van der Waals surface area (Å²) < 4.78 is 5.22. The largest absolute Gasteiger partial charge is 0.495 e. The summed E-state index contributed by atoms with van der Waals surface area (Å²) in [6.07, 6.45) is 3.28. The fourth-order valence-electron chi connectivity index (χ4n) is 3.55. The lowest BCUT2D eigenvalue weighted by Gasteiger charge is -2.26. The maximum absolute atomic E-state index is 13.0. The Balaban J connectivity index is 1.72. The van der Waals surface area contributed by atoms with Crippen molar-refractivity contribution >= 4 is 39.8 Å². The van der Waals surface area contributed by atoms with Crippen LogP contribution in [0.2, 0.25) is 5.02 Å². The van der Waals surface area contributed by atoms with Crippen molar-refractivity contribution in [2.75, 3.05) is 25.5 Å². The number of carbonyl (C=O) groups is 1. The summed E-state index contributed by atoms with van der Waals surface area (Å²) in [4.78, 5) is 19.5. The molecule has 28 heavy (non-hydrogen) atoms. The second-order valence-electron chi connectivity index (χ2n) is 6.90. The van der Waals surface area contributed by atoms with Crippen LogP contribution in [0.5, 0.6) is 5.75 Å². The summed E-state index contributed by atoms with van der Waals surface area (Å²) in [7, 11) is 1.59. The van der Waals surface area contributed by atoms with Gasteiger partial charge in [-0.05, 0) is 49.6 Å². The van der Waals surface area contributed by atoms with E-state index in [1.807, 2.05) is 53.4 Å². The fourth-order valence-corrected chi connectivity index (χ4v) is 3.80. The zero-order valence-electron chi connectivity index (χ0n) is 15.7. The van der Waals surface area contributed by atoms with Gasteiger partial charge in [-0.3, -0.25) is 4.79 Å². The summed E-state index contributed by atoms with van der Waals surface area (Å²) in [6.45, 7) is 1.59. The Morgan fingerprint density at radius 1 is 1.11 bits per heavy atom. The molecule has 0 atom stereocenters. The highest BCUT2D eigenvalue weighted by Gasteiger charge is 2.21. The van der Waals surface area contributed by atoms with Crippen molar-refractivity contribution in [3.63, 3.8) is 0 Å². The van der Waals surface area contributed by atoms with Gasteiger partial charge in [0, 0.05) is 24.2 Å². The molecule has 0 unspecified atom stereocenters. The number of pyridine rings is 1. The molecule has 0 aliphatic carbocycles. The number of rotatable bonds is 4. The van der Waals surface area contributed by atoms with Crippen molar-refractivity contribution in [3.8, 4) is 5.75 Å². The minimum atomic E-state index is -0.0127. The Morgan fingerprint density at radius 3 is 2.64 bits per heavy atom. The molecule has 6 heteroatoms. The first kappa shape index (κ1) is 18.6. The van der Waals surface area contributed by atoms with Crippen LogP contribution in [0.1, 0.15) is 29.8 Å². The third-order valence-electron chi connectivity index (χ3n) is 5.01. The lowest BCUT2D eigenvalue weighted by atomic mass is 10.1. The van der Waals surface area contributed by atoms with Gasteiger partial charge in [-0.1, -0.05) is 29.8 Å². The van der Waals surface area contributed by atoms with Gasteiger partial charge < -0.3 is 15.0 Å². The molecular formula is C22H22ClN3O2. The van der Waals surface area contributed by atoms with Crippen molar-refractivity contribution in [1.29, 1.82) is 0 Å². The molecule has 4 rings (SSSR count). The minimum absolute atomic E-state index is 0.0127. The van der Waals surface area contributed by atoms with Gasteiger partial charge in [0.15, 0.2) is 0 Å². The number of para-hydroxylation sites is 1. The topological polar surface area (TPSA) is 54.5 Å². The SMILES string of the molecule is COc1ccc(Nc2cc(C(=O)N3CCCCC3)nc3ccccc23)cc1Cl. The molecule has 1 aliphatic rings. The number of carbonyl (C=O) groups excluding carboxylic acids is 1. The smallest absolute Gasteiger partial charge is 0.272 e. The number of fused-ring (bicyclic) bond motifs is 1. The fraction of sp³-hybridized carbons (Fsp3) is 0.273. The number of hydrogen-bond acceptors (Lipinski definition) is 4. The molecule has 1 fully saturated rings. The number of methoxy groups -OCH3 is 1. The molecule has 2 aromatic carbocycles. The normalized spacial score (nSPS) is 14.1. The van der Waals surface area contributed by atoms with Crippen LogP contribution in [-0.4, -0.2) is 36.0 Å². The Kier molecular flexibility index (Phi) is 5.35. The van der Waals surface area contributed by atoms with Crippen molar-refractivity contribution in [2.24, 2.45) is 0 Å². The number of amides is 1. The number of nitrogens with one attached hydrogen (secondary N) is 1. The quantitative estimate of drug-likeness (QED) is 0.654. The number of aromatic nitrogens is 1. The standard InChI is InChI=1S/C22H22ClN3O2/c1-28-21-10-9-15(13-17(21)23)24-19-14-20(22(27)26-11-5-2-6-12-26)25-18-8-4-3-7-16(18)19/h3-4,7-10,13-14H,2,5-6,11-12H2,1H3,(H,24,25). The molecule has 1 N–H and O–H groups in total. The maximum Gasteiger partial charge on any atom is 0.272 e. The van der Waals surface area contributed by atoms with Gasteiger partial charge in [-0.15, -0.1) is 0 Å². The van der Waals surface area contributed by atoms with Gasteiger partial charge >= 0.3 is 0 Å². The lowest BCUT2D eigenvalue weighted by Crippen LogP contribution is -2.36. The van der Waals surface area contributed by atoms with Gasteiger partial charge in [-0.25, -0.2) is 4.98 Å². The zero-order valence-corrected chi connectivity index (χ0v) is 16.5. The molecule has 144 valence electrons. The van der Waals surface area contributed by atoms with Crippen LogP contribution in [-0.2, 0) is 0 Å². The van der Waals surface area contributed by atoms with E-state index < -0.39 is 0 Å². The molecule has 2 heterocycles. The zero-order chi connectivity index (χ0) is 19.5. The van der Waals surface area contributed by atoms with Gasteiger partial charge in [0.1, 0.15) is 11.4 Å². The molecule has 0 radical (unpaired) electrons. The number of likely N-dealkylation sites (tertiary alicyclic amines) is 1. The highest BCUT2D eigenvalue weighted by molar-refractivity contribution is 6.32. The number of piperidine rings is 1. The summed E-state index contributed by atoms with van der Waals surface area (Å²) in [6, 6.07) is 15.2. The average Bonchev–Trinajstić information content (AvgIpc) is 2.74. The highest BCUT2D eigenvalue weighted by atomic mass is 35.5. The summed E-state index contributed by atoms with van der Waals surface area (Å²) in [5.74, 6) is 0.606. The molecule has 0 bridgehead atoms. The first-order valence-corrected chi connectivity index (χ1v) is 9.83. The lowest BCUT2D eigenvalue weighted by molar-refractivity contribution is 0.0719. The third kappa shape index (κ3) is 3.76. The third-order valence-corrected chi connectivity index (χ3v) is 5.30. The van der Waals surface area contributed by atoms with Crippen LogP contribution in [0.4, 0.5) is 11.4 Å². The van der Waals surface area contributed by atoms with E-state index in [1.54, 1.807) is 7.11 Å². The molecular weight excluding hydrogens is 374 g/mol. The van der Waals surface area contributed by atoms with E-state index in [-0.39, 0.29) is 5.91 Å². The van der Waals surface area contributed by atoms with Crippen LogP contribution in [0.25, 0.3) is 10.9 Å². The predicted octanol–water partition coefficient (Wildman–Crippen LogP) is 5.27. The van der Waals surface area contributed by atoms with E-state index in [4.69, 9.17) is 16.3 Å². The number of ether oxygens (including phenoxy) is 1. The number of halogens is 1. The summed E-state index contributed by atoms with van der Waals surface area (Å²) in [5.41, 5.74) is 2.89. The molecule has 1 saturated heterocycles. The molecule has 1 amide bonds. The Hall–Kier alpha value is -2.79. The number of benzene rings is 2. The van der Waals surface area contributed by atoms with Crippen LogP contribution >= 0.6 is 11.6 Å². The van der Waals surface area contributed by atoms with Gasteiger partial charge in [0.25, 0.3) is 5.91 Å². The van der Waals surface area contributed by atoms with Crippen molar-refractivity contribution in [2.45, 2.75) is 19.3 Å². The van der Waals surface area contributed by atoms with E-state index in [0.29, 0.717) is 16.5 Å². The van der Waals surface area contributed by atoms with E-state index in [0.717, 1.165) is 48.2 Å². The monoisotopic (exact) mass is 395 g/mol. The van der Waals surface area contributed by atoms with Gasteiger partial charge in [0.05, 0.1) is 23.3 Å². The second-order valence-corrected chi connectivity index (χ2v) is 7.31. The summed E-state index contributed by atoms with van der Waals surface area (Å²) in [5, 5.41) is 4.86. The van der Waals surface area contributed by atoms with E-state index >= 15 is 0 Å². The van der Waals surface area contributed by atoms with Crippen molar-refractivity contribution in [1.82, 2.24) is 9.88 Å².